The van der Waals surface area contributed by atoms with E-state index in [4.69, 9.17) is 0 Å². The molecule has 0 radical (unpaired) electrons. The molecular formula is C12H12N6. The number of rotatable bonds is 3. The zero-order valence-corrected chi connectivity index (χ0v) is 9.67. The van der Waals surface area contributed by atoms with Gasteiger partial charge >= 0.3 is 0 Å². The summed E-state index contributed by atoms with van der Waals surface area (Å²) in [5.41, 5.74) is 2.14. The SMILES string of the molecule is c1cc2c(Nc3cc(C4CC4)[nH]n3)ncnn2c1. The lowest BCUT2D eigenvalue weighted by Gasteiger charge is -2.02. The molecule has 1 aliphatic carbocycles. The fraction of sp³-hybridized carbons (Fsp3) is 0.250. The lowest BCUT2D eigenvalue weighted by Crippen LogP contribution is -1.99. The van der Waals surface area contributed by atoms with Crippen LogP contribution in [0.3, 0.4) is 0 Å². The Morgan fingerprint density at radius 2 is 2.33 bits per heavy atom. The molecule has 0 bridgehead atoms. The van der Waals surface area contributed by atoms with Gasteiger partial charge in [0.15, 0.2) is 11.6 Å². The average molecular weight is 240 g/mol. The highest BCUT2D eigenvalue weighted by Crippen LogP contribution is 2.39. The minimum atomic E-state index is 0.673. The van der Waals surface area contributed by atoms with Crippen LogP contribution in [0.4, 0.5) is 11.6 Å². The van der Waals surface area contributed by atoms with E-state index in [1.807, 2.05) is 18.3 Å². The van der Waals surface area contributed by atoms with Crippen molar-refractivity contribution in [1.29, 1.82) is 0 Å². The van der Waals surface area contributed by atoms with Crippen molar-refractivity contribution >= 4 is 17.2 Å². The Hall–Kier alpha value is -2.37. The van der Waals surface area contributed by atoms with Gasteiger partial charge in [-0.25, -0.2) is 9.50 Å². The number of aromatic nitrogens is 5. The molecule has 0 atom stereocenters. The van der Waals surface area contributed by atoms with E-state index in [1.54, 1.807) is 4.52 Å². The molecule has 0 unspecified atom stereocenters. The number of hydrogen-bond acceptors (Lipinski definition) is 4. The van der Waals surface area contributed by atoms with Gasteiger partial charge in [0.05, 0.1) is 0 Å². The van der Waals surface area contributed by atoms with Crippen LogP contribution in [0.2, 0.25) is 0 Å². The van der Waals surface area contributed by atoms with Gasteiger partial charge in [-0.15, -0.1) is 0 Å². The van der Waals surface area contributed by atoms with Gasteiger partial charge in [-0.3, -0.25) is 5.10 Å². The molecule has 1 saturated carbocycles. The van der Waals surface area contributed by atoms with E-state index in [-0.39, 0.29) is 0 Å². The van der Waals surface area contributed by atoms with Crippen LogP contribution >= 0.6 is 0 Å². The summed E-state index contributed by atoms with van der Waals surface area (Å²) in [4.78, 5) is 4.25. The maximum Gasteiger partial charge on any atom is 0.159 e. The second-order valence-corrected chi connectivity index (χ2v) is 4.55. The highest BCUT2D eigenvalue weighted by Gasteiger charge is 2.25. The van der Waals surface area contributed by atoms with E-state index >= 15 is 0 Å². The van der Waals surface area contributed by atoms with Crippen molar-refractivity contribution in [2.75, 3.05) is 5.32 Å². The van der Waals surface area contributed by atoms with Gasteiger partial charge < -0.3 is 5.32 Å². The maximum atomic E-state index is 4.26. The van der Waals surface area contributed by atoms with Gasteiger partial charge in [0, 0.05) is 23.9 Å². The first-order chi connectivity index (χ1) is 8.90. The van der Waals surface area contributed by atoms with E-state index in [0.717, 1.165) is 17.2 Å². The molecule has 2 N–H and O–H groups in total. The average Bonchev–Trinajstić information content (AvgIpc) is 2.94. The third kappa shape index (κ3) is 1.54. The van der Waals surface area contributed by atoms with Crippen molar-refractivity contribution < 1.29 is 0 Å². The fourth-order valence-corrected chi connectivity index (χ4v) is 2.09. The van der Waals surface area contributed by atoms with E-state index in [9.17, 15) is 0 Å². The summed E-state index contributed by atoms with van der Waals surface area (Å²) in [5.74, 6) is 2.24. The summed E-state index contributed by atoms with van der Waals surface area (Å²) >= 11 is 0. The minimum absolute atomic E-state index is 0.673. The van der Waals surface area contributed by atoms with Gasteiger partial charge in [-0.1, -0.05) is 0 Å². The number of aromatic amines is 1. The maximum absolute atomic E-state index is 4.26. The van der Waals surface area contributed by atoms with Gasteiger partial charge in [-0.05, 0) is 25.0 Å². The fourth-order valence-electron chi connectivity index (χ4n) is 2.09. The quantitative estimate of drug-likeness (QED) is 0.735. The summed E-state index contributed by atoms with van der Waals surface area (Å²) in [6.45, 7) is 0. The van der Waals surface area contributed by atoms with Crippen molar-refractivity contribution in [3.05, 3.63) is 36.4 Å². The van der Waals surface area contributed by atoms with E-state index in [0.29, 0.717) is 5.92 Å². The Morgan fingerprint density at radius 3 is 3.22 bits per heavy atom. The molecule has 3 aromatic heterocycles. The van der Waals surface area contributed by atoms with Crippen LogP contribution in [0.25, 0.3) is 5.52 Å². The molecule has 6 nitrogen and oxygen atoms in total. The molecule has 3 aromatic rings. The largest absolute Gasteiger partial charge is 0.322 e. The number of anilines is 2. The van der Waals surface area contributed by atoms with E-state index < -0.39 is 0 Å². The smallest absolute Gasteiger partial charge is 0.159 e. The third-order valence-corrected chi connectivity index (χ3v) is 3.20. The van der Waals surface area contributed by atoms with Crippen LogP contribution in [0.5, 0.6) is 0 Å². The third-order valence-electron chi connectivity index (χ3n) is 3.20. The summed E-state index contributed by atoms with van der Waals surface area (Å²) in [6.07, 6.45) is 5.95. The summed E-state index contributed by atoms with van der Waals surface area (Å²) in [6, 6.07) is 5.96. The Labute approximate surface area is 103 Å². The summed E-state index contributed by atoms with van der Waals surface area (Å²) in [5, 5.41) is 14.7. The topological polar surface area (TPSA) is 70.9 Å². The Kier molecular flexibility index (Phi) is 1.91. The van der Waals surface area contributed by atoms with Gasteiger partial charge in [-0.2, -0.15) is 10.2 Å². The molecule has 3 heterocycles. The molecular weight excluding hydrogens is 228 g/mol. The first kappa shape index (κ1) is 9.64. The van der Waals surface area contributed by atoms with E-state index in [2.05, 4.69) is 31.7 Å². The molecule has 0 spiro atoms. The van der Waals surface area contributed by atoms with Crippen molar-refractivity contribution in [2.45, 2.75) is 18.8 Å². The highest BCUT2D eigenvalue weighted by atomic mass is 15.3. The molecule has 0 aromatic carbocycles. The van der Waals surface area contributed by atoms with Gasteiger partial charge in [0.1, 0.15) is 11.8 Å². The molecule has 90 valence electrons. The zero-order chi connectivity index (χ0) is 11.9. The van der Waals surface area contributed by atoms with Gasteiger partial charge in [0.25, 0.3) is 0 Å². The van der Waals surface area contributed by atoms with Crippen LogP contribution in [-0.4, -0.2) is 24.8 Å². The zero-order valence-electron chi connectivity index (χ0n) is 9.67. The van der Waals surface area contributed by atoms with Crippen LogP contribution in [-0.2, 0) is 0 Å². The summed E-state index contributed by atoms with van der Waals surface area (Å²) in [7, 11) is 0. The Balaban J connectivity index is 1.68. The number of hydrogen-bond donors (Lipinski definition) is 2. The van der Waals surface area contributed by atoms with Crippen LogP contribution in [0.15, 0.2) is 30.7 Å². The second kappa shape index (κ2) is 3.56. The van der Waals surface area contributed by atoms with Crippen LogP contribution < -0.4 is 5.32 Å². The molecule has 1 fully saturated rings. The Bertz CT molecular complexity index is 693. The monoisotopic (exact) mass is 240 g/mol. The van der Waals surface area contributed by atoms with Crippen molar-refractivity contribution in [3.8, 4) is 0 Å². The van der Waals surface area contributed by atoms with Crippen LogP contribution in [0, 0.1) is 0 Å². The lowest BCUT2D eigenvalue weighted by molar-refractivity contribution is 0.905. The highest BCUT2D eigenvalue weighted by molar-refractivity contribution is 5.71. The van der Waals surface area contributed by atoms with Crippen LogP contribution in [0.1, 0.15) is 24.5 Å². The summed E-state index contributed by atoms with van der Waals surface area (Å²) < 4.78 is 1.78. The van der Waals surface area contributed by atoms with Crippen molar-refractivity contribution in [3.63, 3.8) is 0 Å². The second-order valence-electron chi connectivity index (χ2n) is 4.55. The van der Waals surface area contributed by atoms with Crippen molar-refractivity contribution in [2.24, 2.45) is 0 Å². The minimum Gasteiger partial charge on any atom is -0.322 e. The van der Waals surface area contributed by atoms with Gasteiger partial charge in [0.2, 0.25) is 0 Å². The normalized spacial score (nSPS) is 15.1. The van der Waals surface area contributed by atoms with E-state index in [1.165, 1.54) is 24.9 Å². The first-order valence-corrected chi connectivity index (χ1v) is 6.01. The molecule has 0 amide bonds. The molecule has 4 rings (SSSR count). The predicted octanol–water partition coefficient (Wildman–Crippen LogP) is 2.07. The molecule has 1 aliphatic rings. The predicted molar refractivity (Wildman–Crippen MR) is 66.8 cm³/mol. The number of nitrogens with zero attached hydrogens (tertiary/aromatic N) is 4. The molecule has 0 saturated heterocycles. The number of H-pyrrole nitrogens is 1. The molecule has 18 heavy (non-hydrogen) atoms. The lowest BCUT2D eigenvalue weighted by atomic mass is 10.3. The number of nitrogens with one attached hydrogen (secondary N) is 2. The Morgan fingerprint density at radius 1 is 1.39 bits per heavy atom. The number of fused-ring (bicyclic) bond motifs is 1. The van der Waals surface area contributed by atoms with Crippen molar-refractivity contribution in [1.82, 2.24) is 24.8 Å². The first-order valence-electron chi connectivity index (χ1n) is 6.01. The molecule has 6 heteroatoms. The standard InChI is InChI=1S/C12H12N6/c1-2-10-12(13-7-14-18(10)5-1)15-11-6-9(16-17-11)8-3-4-8/h1-2,5-8H,3-4H2,(H2,13,14,15,16,17). The molecule has 0 aliphatic heterocycles.